The quantitative estimate of drug-likeness (QED) is 0.878. The van der Waals surface area contributed by atoms with Gasteiger partial charge in [-0.25, -0.2) is 8.42 Å². The standard InChI is InChI=1S/C13H17N3O3S/c1-3-9-20(17,18)16-12(11-7-5-4-6-8-11)13-15-14-10(2)19-13/h4-8,12,16H,3,9H2,1-2H3. The Kier molecular flexibility index (Phi) is 4.51. The van der Waals surface area contributed by atoms with Gasteiger partial charge in [0.05, 0.1) is 5.75 Å². The van der Waals surface area contributed by atoms with Crippen molar-refractivity contribution in [3.63, 3.8) is 0 Å². The molecule has 1 N–H and O–H groups in total. The van der Waals surface area contributed by atoms with Gasteiger partial charge < -0.3 is 4.42 Å². The smallest absolute Gasteiger partial charge is 0.238 e. The molecule has 0 spiro atoms. The predicted molar refractivity (Wildman–Crippen MR) is 74.5 cm³/mol. The number of benzene rings is 1. The maximum atomic E-state index is 12.0. The summed E-state index contributed by atoms with van der Waals surface area (Å²) in [4.78, 5) is 0. The van der Waals surface area contributed by atoms with Gasteiger partial charge in [-0.1, -0.05) is 37.3 Å². The van der Waals surface area contributed by atoms with Crippen molar-refractivity contribution in [3.8, 4) is 0 Å². The summed E-state index contributed by atoms with van der Waals surface area (Å²) in [5.74, 6) is 0.702. The number of hydrogen-bond acceptors (Lipinski definition) is 5. The van der Waals surface area contributed by atoms with Crippen LogP contribution in [-0.4, -0.2) is 24.4 Å². The largest absolute Gasteiger partial charge is 0.423 e. The lowest BCUT2D eigenvalue weighted by molar-refractivity contribution is 0.436. The predicted octanol–water partition coefficient (Wildman–Crippen LogP) is 1.80. The van der Waals surface area contributed by atoms with Crippen molar-refractivity contribution in [1.29, 1.82) is 0 Å². The van der Waals surface area contributed by atoms with E-state index in [0.717, 1.165) is 5.56 Å². The van der Waals surface area contributed by atoms with Gasteiger partial charge in [0.15, 0.2) is 0 Å². The van der Waals surface area contributed by atoms with Crippen molar-refractivity contribution in [1.82, 2.24) is 14.9 Å². The van der Waals surface area contributed by atoms with Crippen molar-refractivity contribution < 1.29 is 12.8 Å². The Morgan fingerprint density at radius 3 is 2.50 bits per heavy atom. The first-order valence-electron chi connectivity index (χ1n) is 6.37. The molecule has 2 rings (SSSR count). The van der Waals surface area contributed by atoms with Crippen LogP contribution in [0, 0.1) is 6.92 Å². The fraction of sp³-hybridized carbons (Fsp3) is 0.385. The highest BCUT2D eigenvalue weighted by Gasteiger charge is 2.25. The zero-order valence-corrected chi connectivity index (χ0v) is 12.2. The van der Waals surface area contributed by atoms with Crippen LogP contribution in [0.2, 0.25) is 0 Å². The van der Waals surface area contributed by atoms with Gasteiger partial charge >= 0.3 is 0 Å². The summed E-state index contributed by atoms with van der Waals surface area (Å²) < 4.78 is 32.0. The third kappa shape index (κ3) is 3.64. The van der Waals surface area contributed by atoms with Gasteiger partial charge in [-0.3, -0.25) is 0 Å². The fourth-order valence-electron chi connectivity index (χ4n) is 1.84. The van der Waals surface area contributed by atoms with Gasteiger partial charge in [0.1, 0.15) is 6.04 Å². The molecule has 1 aromatic heterocycles. The molecule has 7 heteroatoms. The molecule has 0 radical (unpaired) electrons. The summed E-state index contributed by atoms with van der Waals surface area (Å²) in [5, 5.41) is 7.68. The van der Waals surface area contributed by atoms with E-state index >= 15 is 0 Å². The molecule has 0 amide bonds. The molecule has 1 heterocycles. The van der Waals surface area contributed by atoms with E-state index in [1.807, 2.05) is 37.3 Å². The molecule has 0 aliphatic heterocycles. The van der Waals surface area contributed by atoms with E-state index in [1.165, 1.54) is 0 Å². The lowest BCUT2D eigenvalue weighted by Gasteiger charge is -2.15. The Bertz CT molecular complexity index is 653. The number of aryl methyl sites for hydroxylation is 1. The summed E-state index contributed by atoms with van der Waals surface area (Å²) in [6.07, 6.45) is 0.541. The van der Waals surface area contributed by atoms with E-state index in [-0.39, 0.29) is 11.6 Å². The Morgan fingerprint density at radius 2 is 1.95 bits per heavy atom. The lowest BCUT2D eigenvalue weighted by atomic mass is 10.1. The second kappa shape index (κ2) is 6.15. The molecule has 0 saturated heterocycles. The second-order valence-electron chi connectivity index (χ2n) is 4.44. The van der Waals surface area contributed by atoms with E-state index in [4.69, 9.17) is 4.42 Å². The molecule has 1 atom stereocenters. The Morgan fingerprint density at radius 1 is 1.25 bits per heavy atom. The number of aromatic nitrogens is 2. The molecule has 0 fully saturated rings. The Hall–Kier alpha value is -1.73. The lowest BCUT2D eigenvalue weighted by Crippen LogP contribution is -2.31. The van der Waals surface area contributed by atoms with Crippen LogP contribution in [-0.2, 0) is 10.0 Å². The minimum atomic E-state index is -3.40. The summed E-state index contributed by atoms with van der Waals surface area (Å²) >= 11 is 0. The Labute approximate surface area is 118 Å². The van der Waals surface area contributed by atoms with E-state index in [2.05, 4.69) is 14.9 Å². The van der Waals surface area contributed by atoms with Crippen LogP contribution in [0.1, 0.15) is 36.7 Å². The monoisotopic (exact) mass is 295 g/mol. The molecular weight excluding hydrogens is 278 g/mol. The molecule has 0 aliphatic rings. The van der Waals surface area contributed by atoms with E-state index < -0.39 is 16.1 Å². The van der Waals surface area contributed by atoms with E-state index in [0.29, 0.717) is 12.3 Å². The summed E-state index contributed by atoms with van der Waals surface area (Å²) in [5.41, 5.74) is 0.760. The summed E-state index contributed by atoms with van der Waals surface area (Å²) in [6.45, 7) is 3.48. The van der Waals surface area contributed by atoms with Crippen LogP contribution in [0.4, 0.5) is 0 Å². The van der Waals surface area contributed by atoms with Crippen molar-refractivity contribution in [2.45, 2.75) is 26.3 Å². The maximum absolute atomic E-state index is 12.0. The second-order valence-corrected chi connectivity index (χ2v) is 6.31. The highest BCUT2D eigenvalue weighted by atomic mass is 32.2. The van der Waals surface area contributed by atoms with Crippen molar-refractivity contribution in [2.75, 3.05) is 5.75 Å². The first-order chi connectivity index (χ1) is 9.52. The van der Waals surface area contributed by atoms with Gasteiger partial charge in [0.25, 0.3) is 0 Å². The summed E-state index contributed by atoms with van der Waals surface area (Å²) in [6, 6.07) is 8.51. The van der Waals surface area contributed by atoms with Gasteiger partial charge in [-0.15, -0.1) is 10.2 Å². The van der Waals surface area contributed by atoms with Crippen LogP contribution < -0.4 is 4.72 Å². The SMILES string of the molecule is CCCS(=O)(=O)NC(c1ccccc1)c1nnc(C)o1. The molecular formula is C13H17N3O3S. The number of nitrogens with one attached hydrogen (secondary N) is 1. The molecule has 0 saturated carbocycles. The van der Waals surface area contributed by atoms with Crippen LogP contribution in [0.3, 0.4) is 0 Å². The average molecular weight is 295 g/mol. The van der Waals surface area contributed by atoms with E-state index in [1.54, 1.807) is 6.92 Å². The summed E-state index contributed by atoms with van der Waals surface area (Å²) in [7, 11) is -3.40. The molecule has 2 aromatic rings. The minimum Gasteiger partial charge on any atom is -0.423 e. The number of sulfonamides is 1. The first-order valence-corrected chi connectivity index (χ1v) is 8.02. The van der Waals surface area contributed by atoms with Gasteiger partial charge in [0.2, 0.25) is 21.8 Å². The van der Waals surface area contributed by atoms with Gasteiger partial charge in [-0.05, 0) is 12.0 Å². The van der Waals surface area contributed by atoms with Crippen molar-refractivity contribution in [2.24, 2.45) is 0 Å². The highest BCUT2D eigenvalue weighted by molar-refractivity contribution is 7.89. The number of rotatable bonds is 6. The third-order valence-corrected chi connectivity index (χ3v) is 4.23. The zero-order valence-electron chi connectivity index (χ0n) is 11.4. The number of nitrogens with zero attached hydrogens (tertiary/aromatic N) is 2. The Balaban J connectivity index is 2.35. The van der Waals surface area contributed by atoms with Crippen LogP contribution >= 0.6 is 0 Å². The van der Waals surface area contributed by atoms with E-state index in [9.17, 15) is 8.42 Å². The highest BCUT2D eigenvalue weighted by Crippen LogP contribution is 2.21. The van der Waals surface area contributed by atoms with Gasteiger partial charge in [-0.2, -0.15) is 4.72 Å². The molecule has 20 heavy (non-hydrogen) atoms. The molecule has 1 aromatic carbocycles. The molecule has 6 nitrogen and oxygen atoms in total. The normalized spacial score (nSPS) is 13.3. The zero-order chi connectivity index (χ0) is 14.6. The topological polar surface area (TPSA) is 85.1 Å². The first kappa shape index (κ1) is 14.7. The number of hydrogen-bond donors (Lipinski definition) is 1. The van der Waals surface area contributed by atoms with Crippen LogP contribution in [0.15, 0.2) is 34.7 Å². The van der Waals surface area contributed by atoms with Crippen molar-refractivity contribution in [3.05, 3.63) is 47.7 Å². The van der Waals surface area contributed by atoms with Crippen molar-refractivity contribution >= 4 is 10.0 Å². The minimum absolute atomic E-state index is 0.0590. The fourth-order valence-corrected chi connectivity index (χ4v) is 3.09. The maximum Gasteiger partial charge on any atom is 0.238 e. The van der Waals surface area contributed by atoms with Gasteiger partial charge in [0, 0.05) is 6.92 Å². The molecule has 108 valence electrons. The molecule has 0 aliphatic carbocycles. The third-order valence-electron chi connectivity index (χ3n) is 2.69. The molecule has 0 bridgehead atoms. The van der Waals surface area contributed by atoms with Crippen LogP contribution in [0.25, 0.3) is 0 Å². The average Bonchev–Trinajstić information content (AvgIpc) is 2.83. The molecule has 1 unspecified atom stereocenters. The van der Waals surface area contributed by atoms with Crippen LogP contribution in [0.5, 0.6) is 0 Å².